The van der Waals surface area contributed by atoms with Crippen molar-refractivity contribution >= 4 is 22.9 Å². The van der Waals surface area contributed by atoms with Crippen molar-refractivity contribution in [3.63, 3.8) is 0 Å². The summed E-state index contributed by atoms with van der Waals surface area (Å²) in [6, 6.07) is 18.3. The zero-order valence-corrected chi connectivity index (χ0v) is 21.8. The zero-order chi connectivity index (χ0) is 27.1. The summed E-state index contributed by atoms with van der Waals surface area (Å²) < 4.78 is 46.7. The Kier molecular flexibility index (Phi) is 8.62. The molecule has 2 aromatic carbocycles. The van der Waals surface area contributed by atoms with Crippen molar-refractivity contribution in [2.24, 2.45) is 0 Å². The summed E-state index contributed by atoms with van der Waals surface area (Å²) in [5.41, 5.74) is 2.16. The molecule has 0 aliphatic rings. The van der Waals surface area contributed by atoms with E-state index in [2.05, 4.69) is 20.2 Å². The molecule has 0 unspecified atom stereocenters. The molecule has 0 bridgehead atoms. The fourth-order valence-corrected chi connectivity index (χ4v) is 4.98. The summed E-state index contributed by atoms with van der Waals surface area (Å²) in [4.78, 5) is 22.4. The molecule has 4 aromatic rings. The van der Waals surface area contributed by atoms with Gasteiger partial charge in [0.15, 0.2) is 5.69 Å². The van der Waals surface area contributed by atoms with Crippen LogP contribution in [-0.2, 0) is 19.1 Å². The number of alkyl halides is 3. The number of carbonyl (C=O) groups is 1. The normalized spacial score (nSPS) is 11.3. The Morgan fingerprint density at radius 3 is 2.50 bits per heavy atom. The minimum atomic E-state index is -4.76. The molecule has 0 aliphatic heterocycles. The van der Waals surface area contributed by atoms with E-state index in [1.165, 1.54) is 0 Å². The summed E-state index contributed by atoms with van der Waals surface area (Å²) in [6.07, 6.45) is -0.882. The van der Waals surface area contributed by atoms with Gasteiger partial charge in [-0.1, -0.05) is 30.3 Å². The van der Waals surface area contributed by atoms with E-state index < -0.39 is 22.7 Å². The third-order valence-corrected chi connectivity index (χ3v) is 7.00. The molecule has 1 amide bonds. The van der Waals surface area contributed by atoms with Crippen LogP contribution >= 0.6 is 11.3 Å². The van der Waals surface area contributed by atoms with E-state index in [9.17, 15) is 18.0 Å². The van der Waals surface area contributed by atoms with Crippen LogP contribution in [0.25, 0.3) is 10.6 Å². The van der Waals surface area contributed by atoms with Gasteiger partial charge in [-0.25, -0.2) is 4.98 Å². The molecule has 0 saturated carbocycles. The molecule has 38 heavy (non-hydrogen) atoms. The number of rotatable bonds is 10. The van der Waals surface area contributed by atoms with Gasteiger partial charge in [0.25, 0.3) is 5.91 Å². The fourth-order valence-electron chi connectivity index (χ4n) is 3.98. The highest BCUT2D eigenvalue weighted by molar-refractivity contribution is 7.17. The molecule has 4 rings (SSSR count). The van der Waals surface area contributed by atoms with E-state index in [4.69, 9.17) is 4.74 Å². The van der Waals surface area contributed by atoms with Gasteiger partial charge in [-0.15, -0.1) is 11.3 Å². The van der Waals surface area contributed by atoms with Crippen LogP contribution in [0.4, 0.5) is 18.9 Å². The molecule has 1 N–H and O–H groups in total. The molecular weight excluding hydrogens is 513 g/mol. The summed E-state index contributed by atoms with van der Waals surface area (Å²) in [6.45, 7) is 3.50. The first-order valence-corrected chi connectivity index (χ1v) is 12.8. The largest absolute Gasteiger partial charge is 0.497 e. The number of methoxy groups -OCH3 is 1. The molecule has 0 aliphatic carbocycles. The maximum absolute atomic E-state index is 13.8. The standard InChI is InChI=1S/C28H27F3N4O2S/c1-3-35(22-11-13-32-14-12-22)18-20-7-4-8-21(16-20)27-34-25(28(29,30)31)24(38-27)26(36)33-15-10-19-6-5-9-23(17-19)37-2/h4-9,11-14,16-17H,3,10,15,18H2,1-2H3,(H,33,36). The number of hydrogen-bond acceptors (Lipinski definition) is 6. The average Bonchev–Trinajstić information content (AvgIpc) is 3.39. The highest BCUT2D eigenvalue weighted by Crippen LogP contribution is 2.38. The molecule has 198 valence electrons. The Labute approximate surface area is 223 Å². The van der Waals surface area contributed by atoms with Crippen molar-refractivity contribution in [2.45, 2.75) is 26.1 Å². The Balaban J connectivity index is 1.52. The van der Waals surface area contributed by atoms with E-state index >= 15 is 0 Å². The van der Waals surface area contributed by atoms with Crippen molar-refractivity contribution in [1.82, 2.24) is 15.3 Å². The first-order chi connectivity index (χ1) is 18.3. The van der Waals surface area contributed by atoms with Gasteiger partial charge in [-0.05, 0) is 54.8 Å². The molecule has 0 spiro atoms. The van der Waals surface area contributed by atoms with Gasteiger partial charge >= 0.3 is 6.18 Å². The lowest BCUT2D eigenvalue weighted by Crippen LogP contribution is -2.27. The molecule has 2 aromatic heterocycles. The lowest BCUT2D eigenvalue weighted by Gasteiger charge is -2.23. The number of benzene rings is 2. The van der Waals surface area contributed by atoms with E-state index in [0.717, 1.165) is 34.7 Å². The number of pyridine rings is 1. The predicted octanol–water partition coefficient (Wildman–Crippen LogP) is 6.23. The molecule has 2 heterocycles. The molecule has 10 heteroatoms. The van der Waals surface area contributed by atoms with Crippen molar-refractivity contribution in [1.29, 1.82) is 0 Å². The lowest BCUT2D eigenvalue weighted by molar-refractivity contribution is -0.141. The van der Waals surface area contributed by atoms with Crippen LogP contribution in [0.15, 0.2) is 73.1 Å². The maximum atomic E-state index is 13.8. The Morgan fingerprint density at radius 1 is 1.05 bits per heavy atom. The maximum Gasteiger partial charge on any atom is 0.435 e. The van der Waals surface area contributed by atoms with Crippen LogP contribution in [0.2, 0.25) is 0 Å². The quantitative estimate of drug-likeness (QED) is 0.258. The number of aromatic nitrogens is 2. The third-order valence-electron chi connectivity index (χ3n) is 5.89. The van der Waals surface area contributed by atoms with E-state index in [1.54, 1.807) is 37.7 Å². The SMILES string of the molecule is CCN(Cc1cccc(-c2nc(C(F)(F)F)c(C(=O)NCCc3cccc(OC)c3)s2)c1)c1ccncc1. The van der Waals surface area contributed by atoms with Crippen molar-refractivity contribution < 1.29 is 22.7 Å². The summed E-state index contributed by atoms with van der Waals surface area (Å²) in [5.74, 6) is -0.125. The minimum absolute atomic E-state index is 0.143. The first kappa shape index (κ1) is 27.1. The Hall–Kier alpha value is -3.92. The molecule has 0 saturated heterocycles. The van der Waals surface area contributed by atoms with Gasteiger partial charge in [0.1, 0.15) is 15.6 Å². The second kappa shape index (κ2) is 12.1. The second-order valence-corrected chi connectivity index (χ2v) is 9.47. The van der Waals surface area contributed by atoms with Gasteiger partial charge in [0, 0.05) is 43.3 Å². The number of carbonyl (C=O) groups excluding carboxylic acids is 1. The number of thiazole rings is 1. The molecule has 0 radical (unpaired) electrons. The monoisotopic (exact) mass is 540 g/mol. The highest BCUT2D eigenvalue weighted by Gasteiger charge is 2.39. The number of ether oxygens (including phenoxy) is 1. The van der Waals surface area contributed by atoms with Crippen LogP contribution < -0.4 is 15.0 Å². The van der Waals surface area contributed by atoms with Crippen LogP contribution in [0.5, 0.6) is 5.75 Å². The van der Waals surface area contributed by atoms with Gasteiger partial charge < -0.3 is 15.0 Å². The van der Waals surface area contributed by atoms with E-state index in [-0.39, 0.29) is 11.6 Å². The summed E-state index contributed by atoms with van der Waals surface area (Å²) in [7, 11) is 1.55. The molecular formula is C28H27F3N4O2S. The second-order valence-electron chi connectivity index (χ2n) is 8.47. The van der Waals surface area contributed by atoms with Crippen LogP contribution in [-0.4, -0.2) is 36.1 Å². The number of halogens is 3. The minimum Gasteiger partial charge on any atom is -0.497 e. The number of hydrogen-bond donors (Lipinski definition) is 1. The van der Waals surface area contributed by atoms with Gasteiger partial charge in [-0.2, -0.15) is 13.2 Å². The van der Waals surface area contributed by atoms with Crippen LogP contribution in [0, 0.1) is 0 Å². The molecule has 0 fully saturated rings. The third kappa shape index (κ3) is 6.69. The summed E-state index contributed by atoms with van der Waals surface area (Å²) >= 11 is 0.745. The Morgan fingerprint density at radius 2 is 1.79 bits per heavy atom. The summed E-state index contributed by atoms with van der Waals surface area (Å²) in [5, 5.41) is 2.75. The average molecular weight is 541 g/mol. The van der Waals surface area contributed by atoms with Crippen molar-refractivity contribution in [2.75, 3.05) is 25.1 Å². The topological polar surface area (TPSA) is 67.4 Å². The van der Waals surface area contributed by atoms with Crippen LogP contribution in [0.1, 0.15) is 33.4 Å². The fraction of sp³-hybridized carbons (Fsp3) is 0.250. The van der Waals surface area contributed by atoms with Gasteiger partial charge in [0.05, 0.1) is 7.11 Å². The first-order valence-electron chi connectivity index (χ1n) is 12.0. The number of amides is 1. The molecule has 6 nitrogen and oxygen atoms in total. The number of nitrogens with one attached hydrogen (secondary N) is 1. The Bertz CT molecular complexity index is 1380. The lowest BCUT2D eigenvalue weighted by atomic mass is 10.1. The predicted molar refractivity (Wildman–Crippen MR) is 143 cm³/mol. The van der Waals surface area contributed by atoms with E-state index in [1.807, 2.05) is 49.4 Å². The van der Waals surface area contributed by atoms with E-state index in [0.29, 0.717) is 24.3 Å². The highest BCUT2D eigenvalue weighted by atomic mass is 32.1. The molecule has 0 atom stereocenters. The number of nitrogens with zero attached hydrogens (tertiary/aromatic N) is 3. The van der Waals surface area contributed by atoms with Crippen molar-refractivity contribution in [3.8, 4) is 16.3 Å². The zero-order valence-electron chi connectivity index (χ0n) is 21.0. The van der Waals surface area contributed by atoms with Crippen LogP contribution in [0.3, 0.4) is 0 Å². The van der Waals surface area contributed by atoms with Crippen molar-refractivity contribution in [3.05, 3.63) is 94.8 Å². The van der Waals surface area contributed by atoms with Gasteiger partial charge in [0.2, 0.25) is 0 Å². The smallest absolute Gasteiger partial charge is 0.435 e. The van der Waals surface area contributed by atoms with Gasteiger partial charge in [-0.3, -0.25) is 9.78 Å². The number of anilines is 1.